The van der Waals surface area contributed by atoms with E-state index in [-0.39, 0.29) is 12.0 Å². The van der Waals surface area contributed by atoms with Gasteiger partial charge in [0.25, 0.3) is 0 Å². The highest BCUT2D eigenvalue weighted by atomic mass is 16.5. The smallest absolute Gasteiger partial charge is 0.226 e. The van der Waals surface area contributed by atoms with Crippen LogP contribution >= 0.6 is 0 Å². The summed E-state index contributed by atoms with van der Waals surface area (Å²) in [6, 6.07) is 17.8. The molecule has 0 amide bonds. The van der Waals surface area contributed by atoms with Gasteiger partial charge < -0.3 is 19.0 Å². The van der Waals surface area contributed by atoms with Crippen molar-refractivity contribution in [3.05, 3.63) is 72.1 Å². The summed E-state index contributed by atoms with van der Waals surface area (Å²) in [4.78, 5) is 4.54. The van der Waals surface area contributed by atoms with Crippen molar-refractivity contribution in [2.45, 2.75) is 44.5 Å². The van der Waals surface area contributed by atoms with Crippen LogP contribution in [0.15, 0.2) is 65.3 Å². The molecule has 5 heteroatoms. The standard InChI is InChI=1S/C24H27NO4/c1-27-20-11-6-10-19(14-20)24-25-22(16-29-24)23(26)18-9-5-12-21(13-18)28-15-17-7-3-2-4-8-17/h2-4,6-8,10-11,14,16,18,21,23,26H,5,9,12-13,15H2,1H3. The Bertz CT molecular complexity index is 908. The van der Waals surface area contributed by atoms with Gasteiger partial charge in [-0.15, -0.1) is 0 Å². The zero-order valence-electron chi connectivity index (χ0n) is 16.7. The number of hydrogen-bond donors (Lipinski definition) is 1. The average molecular weight is 393 g/mol. The van der Waals surface area contributed by atoms with E-state index in [0.29, 0.717) is 18.2 Å². The maximum absolute atomic E-state index is 10.9. The zero-order chi connectivity index (χ0) is 20.1. The molecule has 1 saturated carbocycles. The van der Waals surface area contributed by atoms with Crippen molar-refractivity contribution in [1.82, 2.24) is 4.98 Å². The van der Waals surface area contributed by atoms with E-state index < -0.39 is 6.10 Å². The van der Waals surface area contributed by atoms with Gasteiger partial charge in [-0.1, -0.05) is 42.8 Å². The largest absolute Gasteiger partial charge is 0.497 e. The summed E-state index contributed by atoms with van der Waals surface area (Å²) in [7, 11) is 1.63. The normalized spacial score (nSPS) is 20.3. The second-order valence-corrected chi connectivity index (χ2v) is 7.60. The van der Waals surface area contributed by atoms with E-state index in [9.17, 15) is 5.11 Å². The minimum Gasteiger partial charge on any atom is -0.497 e. The van der Waals surface area contributed by atoms with Crippen molar-refractivity contribution in [3.8, 4) is 17.2 Å². The summed E-state index contributed by atoms with van der Waals surface area (Å²) in [5.74, 6) is 1.35. The van der Waals surface area contributed by atoms with Crippen molar-refractivity contribution < 1.29 is 19.0 Å². The molecule has 1 aliphatic carbocycles. The van der Waals surface area contributed by atoms with E-state index in [1.807, 2.05) is 42.5 Å². The number of hydrogen-bond acceptors (Lipinski definition) is 5. The molecule has 1 aromatic heterocycles. The van der Waals surface area contributed by atoms with Gasteiger partial charge in [0.1, 0.15) is 23.8 Å². The van der Waals surface area contributed by atoms with Crippen LogP contribution in [0.4, 0.5) is 0 Å². The van der Waals surface area contributed by atoms with E-state index in [4.69, 9.17) is 13.9 Å². The lowest BCUT2D eigenvalue weighted by Gasteiger charge is -2.31. The summed E-state index contributed by atoms with van der Waals surface area (Å²) >= 11 is 0. The third-order valence-corrected chi connectivity index (χ3v) is 5.58. The highest BCUT2D eigenvalue weighted by Gasteiger charge is 2.30. The molecule has 0 saturated heterocycles. The van der Waals surface area contributed by atoms with Crippen LogP contribution in [0.25, 0.3) is 11.5 Å². The monoisotopic (exact) mass is 393 g/mol. The molecule has 3 unspecified atom stereocenters. The van der Waals surface area contributed by atoms with Gasteiger partial charge in [-0.3, -0.25) is 0 Å². The molecule has 1 aliphatic rings. The van der Waals surface area contributed by atoms with Gasteiger partial charge in [0.05, 0.1) is 19.8 Å². The number of benzene rings is 2. The fourth-order valence-corrected chi connectivity index (χ4v) is 3.96. The maximum Gasteiger partial charge on any atom is 0.226 e. The number of rotatable bonds is 7. The Kier molecular flexibility index (Phi) is 6.27. The number of ether oxygens (including phenoxy) is 2. The van der Waals surface area contributed by atoms with Gasteiger partial charge in [0.15, 0.2) is 0 Å². The van der Waals surface area contributed by atoms with Gasteiger partial charge in [-0.05, 0) is 48.9 Å². The Morgan fingerprint density at radius 1 is 1.14 bits per heavy atom. The molecular formula is C24H27NO4. The van der Waals surface area contributed by atoms with Crippen LogP contribution in [0.2, 0.25) is 0 Å². The van der Waals surface area contributed by atoms with Crippen LogP contribution in [0.3, 0.4) is 0 Å². The molecule has 2 aromatic carbocycles. The Morgan fingerprint density at radius 2 is 2.00 bits per heavy atom. The number of aromatic nitrogens is 1. The first kappa shape index (κ1) is 19.7. The molecule has 0 aliphatic heterocycles. The van der Waals surface area contributed by atoms with Crippen LogP contribution in [0, 0.1) is 5.92 Å². The van der Waals surface area contributed by atoms with Gasteiger partial charge in [0.2, 0.25) is 5.89 Å². The summed E-state index contributed by atoms with van der Waals surface area (Å²) in [5, 5.41) is 10.9. The number of methoxy groups -OCH3 is 1. The van der Waals surface area contributed by atoms with Crippen molar-refractivity contribution >= 4 is 0 Å². The molecule has 0 bridgehead atoms. The lowest BCUT2D eigenvalue weighted by atomic mass is 9.82. The Labute approximate surface area is 171 Å². The summed E-state index contributed by atoms with van der Waals surface area (Å²) in [6.07, 6.45) is 4.94. The molecule has 1 fully saturated rings. The van der Waals surface area contributed by atoms with Crippen LogP contribution in [0.1, 0.15) is 43.0 Å². The minimum absolute atomic E-state index is 0.118. The van der Waals surface area contributed by atoms with Crippen LogP contribution in [-0.2, 0) is 11.3 Å². The minimum atomic E-state index is -0.652. The molecule has 4 rings (SSSR count). The summed E-state index contributed by atoms with van der Waals surface area (Å²) in [5.41, 5.74) is 2.58. The van der Waals surface area contributed by atoms with Crippen molar-refractivity contribution in [2.24, 2.45) is 5.92 Å². The summed E-state index contributed by atoms with van der Waals surface area (Å²) in [6.45, 7) is 0.609. The Balaban J connectivity index is 1.38. The van der Waals surface area contributed by atoms with Crippen LogP contribution in [0.5, 0.6) is 5.75 Å². The molecule has 3 aromatic rings. The highest BCUT2D eigenvalue weighted by Crippen LogP contribution is 2.36. The average Bonchev–Trinajstić information content (AvgIpc) is 3.28. The molecule has 29 heavy (non-hydrogen) atoms. The van der Waals surface area contributed by atoms with E-state index in [1.54, 1.807) is 13.4 Å². The van der Waals surface area contributed by atoms with Gasteiger partial charge >= 0.3 is 0 Å². The third kappa shape index (κ3) is 4.86. The molecule has 1 N–H and O–H groups in total. The zero-order valence-corrected chi connectivity index (χ0v) is 16.7. The molecule has 5 nitrogen and oxygen atoms in total. The quantitative estimate of drug-likeness (QED) is 0.601. The fourth-order valence-electron chi connectivity index (χ4n) is 3.96. The Hall–Kier alpha value is -2.63. The lowest BCUT2D eigenvalue weighted by molar-refractivity contribution is -0.0257. The van der Waals surface area contributed by atoms with Crippen LogP contribution in [-0.4, -0.2) is 23.3 Å². The van der Waals surface area contributed by atoms with Crippen LogP contribution < -0.4 is 4.74 Å². The van der Waals surface area contributed by atoms with E-state index >= 15 is 0 Å². The SMILES string of the molecule is COc1cccc(-c2nc(C(O)C3CCCC(OCc4ccccc4)C3)co2)c1. The second kappa shape index (κ2) is 9.25. The number of aliphatic hydroxyl groups is 1. The molecular weight excluding hydrogens is 366 g/mol. The summed E-state index contributed by atoms with van der Waals surface area (Å²) < 4.78 is 17.0. The first-order valence-electron chi connectivity index (χ1n) is 10.2. The third-order valence-electron chi connectivity index (χ3n) is 5.58. The van der Waals surface area contributed by atoms with Gasteiger partial charge in [0, 0.05) is 5.56 Å². The molecule has 0 radical (unpaired) electrons. The first-order valence-corrected chi connectivity index (χ1v) is 10.2. The Morgan fingerprint density at radius 3 is 2.83 bits per heavy atom. The topological polar surface area (TPSA) is 64.7 Å². The highest BCUT2D eigenvalue weighted by molar-refractivity contribution is 5.56. The molecule has 152 valence electrons. The van der Waals surface area contributed by atoms with Crippen molar-refractivity contribution in [3.63, 3.8) is 0 Å². The molecule has 3 atom stereocenters. The first-order chi connectivity index (χ1) is 14.2. The fraction of sp³-hybridized carbons (Fsp3) is 0.375. The number of oxazole rings is 1. The molecule has 0 spiro atoms. The van der Waals surface area contributed by atoms with Crippen molar-refractivity contribution in [1.29, 1.82) is 0 Å². The lowest BCUT2D eigenvalue weighted by Crippen LogP contribution is -2.27. The number of nitrogens with zero attached hydrogens (tertiary/aromatic N) is 1. The predicted molar refractivity (Wildman–Crippen MR) is 110 cm³/mol. The van der Waals surface area contributed by atoms with Gasteiger partial charge in [-0.25, -0.2) is 4.98 Å². The maximum atomic E-state index is 10.9. The second-order valence-electron chi connectivity index (χ2n) is 7.60. The predicted octanol–water partition coefficient (Wildman–Crippen LogP) is 5.16. The van der Waals surface area contributed by atoms with E-state index in [0.717, 1.165) is 37.0 Å². The van der Waals surface area contributed by atoms with Gasteiger partial charge in [-0.2, -0.15) is 0 Å². The van der Waals surface area contributed by atoms with Crippen molar-refractivity contribution in [2.75, 3.05) is 7.11 Å². The molecule has 1 heterocycles. The number of aliphatic hydroxyl groups excluding tert-OH is 1. The van der Waals surface area contributed by atoms with E-state index in [2.05, 4.69) is 17.1 Å². The van der Waals surface area contributed by atoms with E-state index in [1.165, 1.54) is 5.56 Å².